The van der Waals surface area contributed by atoms with Gasteiger partial charge in [0.1, 0.15) is 6.04 Å². The molecular formula is C7H10F3NO2. The van der Waals surface area contributed by atoms with E-state index in [4.69, 9.17) is 5.11 Å². The fourth-order valence-corrected chi connectivity index (χ4v) is 1.11. The molecule has 0 radical (unpaired) electrons. The molecule has 0 amide bonds. The fraction of sp³-hybridized carbons (Fsp3) is 0.857. The predicted octanol–water partition coefficient (Wildman–Crippen LogP) is 1.00. The molecule has 1 unspecified atom stereocenters. The normalized spacial score (nSPS) is 19.9. The first kappa shape index (κ1) is 10.3. The monoisotopic (exact) mass is 197 g/mol. The predicted molar refractivity (Wildman–Crippen MR) is 38.2 cm³/mol. The summed E-state index contributed by atoms with van der Waals surface area (Å²) in [6.07, 6.45) is -2.95. The summed E-state index contributed by atoms with van der Waals surface area (Å²) in [6, 6.07) is -1.04. The fourth-order valence-electron chi connectivity index (χ4n) is 1.11. The van der Waals surface area contributed by atoms with Crippen LogP contribution >= 0.6 is 0 Å². The zero-order chi connectivity index (χ0) is 10.1. The van der Waals surface area contributed by atoms with Gasteiger partial charge in [0.25, 0.3) is 0 Å². The third-order valence-electron chi connectivity index (χ3n) is 1.88. The number of rotatable bonds is 4. The van der Waals surface area contributed by atoms with Gasteiger partial charge in [0.15, 0.2) is 0 Å². The summed E-state index contributed by atoms with van der Waals surface area (Å²) in [5.74, 6) is -1.33. The van der Waals surface area contributed by atoms with E-state index in [1.54, 1.807) is 0 Å². The van der Waals surface area contributed by atoms with Crippen LogP contribution < -0.4 is 5.32 Å². The Morgan fingerprint density at radius 2 is 2.08 bits per heavy atom. The van der Waals surface area contributed by atoms with Gasteiger partial charge in [-0.15, -0.1) is 0 Å². The summed E-state index contributed by atoms with van der Waals surface area (Å²) in [7, 11) is 0. The van der Waals surface area contributed by atoms with Crippen molar-refractivity contribution in [3.63, 3.8) is 0 Å². The van der Waals surface area contributed by atoms with Crippen LogP contribution in [0.5, 0.6) is 0 Å². The van der Waals surface area contributed by atoms with Crippen molar-refractivity contribution in [1.29, 1.82) is 0 Å². The standard InChI is InChI=1S/C7H10F3NO2/c8-7(9,10)3-11-5(6(12)13)4-1-2-4/h4-5,11H,1-3H2,(H,12,13). The van der Waals surface area contributed by atoms with E-state index in [-0.39, 0.29) is 5.92 Å². The zero-order valence-corrected chi connectivity index (χ0v) is 6.77. The molecule has 0 spiro atoms. The molecule has 0 aromatic rings. The van der Waals surface area contributed by atoms with Crippen molar-refractivity contribution in [2.45, 2.75) is 25.1 Å². The van der Waals surface area contributed by atoms with E-state index in [0.717, 1.165) is 0 Å². The van der Waals surface area contributed by atoms with Gasteiger partial charge in [-0.05, 0) is 18.8 Å². The number of carboxylic acids is 1. The molecular weight excluding hydrogens is 187 g/mol. The summed E-state index contributed by atoms with van der Waals surface area (Å²) in [5, 5.41) is 10.5. The van der Waals surface area contributed by atoms with E-state index in [2.05, 4.69) is 0 Å². The highest BCUT2D eigenvalue weighted by Crippen LogP contribution is 2.33. The summed E-state index contributed by atoms with van der Waals surface area (Å²) < 4.78 is 35.1. The van der Waals surface area contributed by atoms with Gasteiger partial charge in [-0.3, -0.25) is 10.1 Å². The van der Waals surface area contributed by atoms with Gasteiger partial charge in [0, 0.05) is 0 Å². The third-order valence-corrected chi connectivity index (χ3v) is 1.88. The maximum Gasteiger partial charge on any atom is 0.401 e. The molecule has 1 rings (SSSR count). The van der Waals surface area contributed by atoms with Crippen LogP contribution in [0.4, 0.5) is 13.2 Å². The molecule has 1 aliphatic carbocycles. The van der Waals surface area contributed by atoms with Crippen LogP contribution in [0.25, 0.3) is 0 Å². The molecule has 1 aliphatic rings. The lowest BCUT2D eigenvalue weighted by Gasteiger charge is -2.14. The highest BCUT2D eigenvalue weighted by Gasteiger charge is 2.38. The first-order chi connectivity index (χ1) is 5.90. The van der Waals surface area contributed by atoms with Crippen molar-refractivity contribution in [3.8, 4) is 0 Å². The van der Waals surface area contributed by atoms with Crippen molar-refractivity contribution in [2.75, 3.05) is 6.54 Å². The molecule has 1 saturated carbocycles. The Balaban J connectivity index is 2.35. The molecule has 13 heavy (non-hydrogen) atoms. The SMILES string of the molecule is O=C(O)C(NCC(F)(F)F)C1CC1. The van der Waals surface area contributed by atoms with Crippen LogP contribution in [-0.4, -0.2) is 29.8 Å². The molecule has 1 atom stereocenters. The number of hydrogen-bond acceptors (Lipinski definition) is 2. The Kier molecular flexibility index (Phi) is 2.80. The van der Waals surface area contributed by atoms with Crippen molar-refractivity contribution in [3.05, 3.63) is 0 Å². The van der Waals surface area contributed by atoms with Crippen LogP contribution in [0.1, 0.15) is 12.8 Å². The van der Waals surface area contributed by atoms with E-state index < -0.39 is 24.7 Å². The molecule has 0 saturated heterocycles. The lowest BCUT2D eigenvalue weighted by molar-refractivity contribution is -0.144. The van der Waals surface area contributed by atoms with Gasteiger partial charge in [-0.25, -0.2) is 0 Å². The van der Waals surface area contributed by atoms with Crippen LogP contribution in [0.2, 0.25) is 0 Å². The largest absolute Gasteiger partial charge is 0.480 e. The highest BCUT2D eigenvalue weighted by atomic mass is 19.4. The number of halogens is 3. The average molecular weight is 197 g/mol. The average Bonchev–Trinajstić information content (AvgIpc) is 2.67. The van der Waals surface area contributed by atoms with E-state index >= 15 is 0 Å². The second-order valence-electron chi connectivity index (χ2n) is 3.15. The summed E-state index contributed by atoms with van der Waals surface area (Å²) in [6.45, 7) is -1.24. The van der Waals surface area contributed by atoms with Gasteiger partial charge < -0.3 is 5.11 Å². The maximum atomic E-state index is 11.7. The Morgan fingerprint density at radius 1 is 1.54 bits per heavy atom. The minimum Gasteiger partial charge on any atom is -0.480 e. The molecule has 0 heterocycles. The Morgan fingerprint density at radius 3 is 2.38 bits per heavy atom. The van der Waals surface area contributed by atoms with Gasteiger partial charge in [-0.1, -0.05) is 0 Å². The lowest BCUT2D eigenvalue weighted by atomic mass is 10.2. The number of alkyl halides is 3. The molecule has 1 fully saturated rings. The molecule has 0 bridgehead atoms. The van der Waals surface area contributed by atoms with Gasteiger partial charge in [0.05, 0.1) is 6.54 Å². The first-order valence-electron chi connectivity index (χ1n) is 3.93. The Hall–Kier alpha value is -0.780. The zero-order valence-electron chi connectivity index (χ0n) is 6.77. The third kappa shape index (κ3) is 3.63. The number of aliphatic carboxylic acids is 1. The van der Waals surface area contributed by atoms with Crippen LogP contribution in [-0.2, 0) is 4.79 Å². The van der Waals surface area contributed by atoms with E-state index in [9.17, 15) is 18.0 Å². The summed E-state index contributed by atoms with van der Waals surface area (Å²) in [5.41, 5.74) is 0. The minimum absolute atomic E-state index is 0.125. The molecule has 0 aliphatic heterocycles. The van der Waals surface area contributed by atoms with Crippen LogP contribution in [0, 0.1) is 5.92 Å². The first-order valence-corrected chi connectivity index (χ1v) is 3.93. The second kappa shape index (κ2) is 3.53. The van der Waals surface area contributed by atoms with E-state index in [1.165, 1.54) is 0 Å². The second-order valence-corrected chi connectivity index (χ2v) is 3.15. The van der Waals surface area contributed by atoms with E-state index in [0.29, 0.717) is 12.8 Å². The lowest BCUT2D eigenvalue weighted by Crippen LogP contribution is -2.43. The molecule has 0 aromatic carbocycles. The summed E-state index contributed by atoms with van der Waals surface area (Å²) in [4.78, 5) is 10.5. The molecule has 3 nitrogen and oxygen atoms in total. The van der Waals surface area contributed by atoms with Crippen molar-refractivity contribution >= 4 is 5.97 Å². The Labute approximate surface area is 72.9 Å². The molecule has 2 N–H and O–H groups in total. The van der Waals surface area contributed by atoms with Gasteiger partial charge in [0.2, 0.25) is 0 Å². The van der Waals surface area contributed by atoms with Crippen molar-refractivity contribution < 1.29 is 23.1 Å². The highest BCUT2D eigenvalue weighted by molar-refractivity contribution is 5.74. The number of hydrogen-bond donors (Lipinski definition) is 2. The van der Waals surface area contributed by atoms with E-state index in [1.807, 2.05) is 5.32 Å². The number of carboxylic acid groups (broad SMARTS) is 1. The van der Waals surface area contributed by atoms with Crippen molar-refractivity contribution in [1.82, 2.24) is 5.32 Å². The molecule has 6 heteroatoms. The quantitative estimate of drug-likeness (QED) is 0.706. The smallest absolute Gasteiger partial charge is 0.401 e. The Bertz CT molecular complexity index is 200. The van der Waals surface area contributed by atoms with Crippen molar-refractivity contribution in [2.24, 2.45) is 5.92 Å². The number of carbonyl (C=O) groups is 1. The topological polar surface area (TPSA) is 49.3 Å². The van der Waals surface area contributed by atoms with Crippen LogP contribution in [0.3, 0.4) is 0 Å². The van der Waals surface area contributed by atoms with Gasteiger partial charge in [-0.2, -0.15) is 13.2 Å². The maximum absolute atomic E-state index is 11.7. The van der Waals surface area contributed by atoms with Gasteiger partial charge >= 0.3 is 12.1 Å². The molecule has 76 valence electrons. The minimum atomic E-state index is -4.34. The number of nitrogens with one attached hydrogen (secondary N) is 1. The van der Waals surface area contributed by atoms with Crippen LogP contribution in [0.15, 0.2) is 0 Å². The summed E-state index contributed by atoms with van der Waals surface area (Å²) >= 11 is 0. The molecule has 0 aromatic heterocycles.